The molecule has 0 bridgehead atoms. The van der Waals surface area contributed by atoms with Crippen molar-refractivity contribution in [3.63, 3.8) is 0 Å². The van der Waals surface area contributed by atoms with Crippen LogP contribution >= 0.6 is 0 Å². The zero-order valence-corrected chi connectivity index (χ0v) is 7.12. The van der Waals surface area contributed by atoms with Gasteiger partial charge in [-0.1, -0.05) is 0 Å². The number of carboxylic acid groups (broad SMARTS) is 3. The first-order valence-corrected chi connectivity index (χ1v) is 3.40. The molecule has 0 aromatic heterocycles. The Morgan fingerprint density at radius 3 is 1.27 bits per heavy atom. The van der Waals surface area contributed by atoms with E-state index in [2.05, 4.69) is 0 Å². The van der Waals surface area contributed by atoms with Crippen molar-refractivity contribution in [2.75, 3.05) is 6.61 Å². The third-order valence-corrected chi connectivity index (χ3v) is 1.80. The van der Waals surface area contributed by atoms with E-state index in [1.165, 1.54) is 0 Å². The molecule has 0 saturated carbocycles. The molecule has 0 aliphatic rings. The topological polar surface area (TPSA) is 173 Å². The lowest BCUT2D eigenvalue weighted by molar-refractivity contribution is -0.221. The molecule has 0 fully saturated rings. The zero-order valence-electron chi connectivity index (χ0n) is 7.12. The summed E-state index contributed by atoms with van der Waals surface area (Å²) in [5.74, 6) is -7.39. The molecular formula is C6H8O9. The largest absolute Gasteiger partial charge is 0.479 e. The Balaban J connectivity index is 5.72. The molecule has 0 radical (unpaired) electrons. The van der Waals surface area contributed by atoms with Gasteiger partial charge < -0.3 is 30.6 Å². The molecule has 0 heterocycles. The minimum absolute atomic E-state index is 1.78. The van der Waals surface area contributed by atoms with Crippen LogP contribution in [0.5, 0.6) is 0 Å². The maximum absolute atomic E-state index is 10.4. The Morgan fingerprint density at radius 2 is 1.20 bits per heavy atom. The lowest BCUT2D eigenvalue weighted by Gasteiger charge is -2.31. The molecule has 0 aliphatic carbocycles. The van der Waals surface area contributed by atoms with Gasteiger partial charge in [-0.05, 0) is 0 Å². The highest BCUT2D eigenvalue weighted by atomic mass is 16.5. The normalized spacial score (nSPS) is 15.4. The van der Waals surface area contributed by atoms with Crippen LogP contribution in [0.15, 0.2) is 0 Å². The van der Waals surface area contributed by atoms with Crippen molar-refractivity contribution in [3.8, 4) is 0 Å². The Bertz CT molecular complexity index is 294. The standard InChI is InChI=1S/C6H8O9/c7-1-5(14,2(8)9)6(15,3(10)11)4(12)13/h7,14-15H,1H2,(H,8,9)(H,10,11)(H,12,13). The molecule has 9 nitrogen and oxygen atoms in total. The summed E-state index contributed by atoms with van der Waals surface area (Å²) in [6.07, 6.45) is 0. The first kappa shape index (κ1) is 13.3. The van der Waals surface area contributed by atoms with E-state index in [9.17, 15) is 14.4 Å². The van der Waals surface area contributed by atoms with Gasteiger partial charge in [0.2, 0.25) is 5.60 Å². The molecule has 1 unspecified atom stereocenters. The zero-order chi connectivity index (χ0) is 12.4. The van der Waals surface area contributed by atoms with Crippen LogP contribution in [0.2, 0.25) is 0 Å². The number of carboxylic acids is 3. The van der Waals surface area contributed by atoms with Crippen LogP contribution in [0.25, 0.3) is 0 Å². The van der Waals surface area contributed by atoms with Gasteiger partial charge in [-0.2, -0.15) is 0 Å². The summed E-state index contributed by atoms with van der Waals surface area (Å²) in [4.78, 5) is 31.2. The Labute approximate surface area is 81.8 Å². The number of hydrogen-bond donors (Lipinski definition) is 6. The van der Waals surface area contributed by atoms with Gasteiger partial charge in [0.1, 0.15) is 0 Å². The van der Waals surface area contributed by atoms with Crippen LogP contribution in [0.4, 0.5) is 0 Å². The van der Waals surface area contributed by atoms with Crippen LogP contribution in [0.3, 0.4) is 0 Å². The lowest BCUT2D eigenvalue weighted by atomic mass is 9.83. The molecule has 0 aliphatic heterocycles. The van der Waals surface area contributed by atoms with Crippen LogP contribution in [0.1, 0.15) is 0 Å². The summed E-state index contributed by atoms with van der Waals surface area (Å²) in [6, 6.07) is 0. The number of aliphatic carboxylic acids is 3. The van der Waals surface area contributed by atoms with E-state index in [1.54, 1.807) is 0 Å². The second-order valence-electron chi connectivity index (χ2n) is 2.64. The predicted octanol–water partition coefficient (Wildman–Crippen LogP) is -3.31. The van der Waals surface area contributed by atoms with Crippen molar-refractivity contribution < 1.29 is 45.0 Å². The molecule has 0 spiro atoms. The quantitative estimate of drug-likeness (QED) is 0.261. The number of aliphatic hydroxyl groups excluding tert-OH is 1. The van der Waals surface area contributed by atoms with Crippen LogP contribution < -0.4 is 0 Å². The van der Waals surface area contributed by atoms with Gasteiger partial charge >= 0.3 is 23.5 Å². The van der Waals surface area contributed by atoms with Gasteiger partial charge in [-0.3, -0.25) is 0 Å². The van der Waals surface area contributed by atoms with Gasteiger partial charge in [0.15, 0.2) is 0 Å². The molecule has 0 aromatic carbocycles. The van der Waals surface area contributed by atoms with Crippen LogP contribution in [0, 0.1) is 0 Å². The molecule has 9 heteroatoms. The number of aliphatic hydroxyl groups is 3. The van der Waals surface area contributed by atoms with E-state index in [4.69, 9.17) is 30.6 Å². The third kappa shape index (κ3) is 1.63. The minimum Gasteiger partial charge on any atom is -0.479 e. The van der Waals surface area contributed by atoms with E-state index >= 15 is 0 Å². The van der Waals surface area contributed by atoms with Crippen molar-refractivity contribution in [1.82, 2.24) is 0 Å². The summed E-state index contributed by atoms with van der Waals surface area (Å²) in [7, 11) is 0. The van der Waals surface area contributed by atoms with Crippen molar-refractivity contribution >= 4 is 17.9 Å². The first-order chi connectivity index (χ1) is 6.64. The summed E-state index contributed by atoms with van der Waals surface area (Å²) in [6.45, 7) is -1.78. The number of rotatable bonds is 5. The SMILES string of the molecule is O=C(O)C(O)(CO)C(O)(C(=O)O)C(=O)O. The van der Waals surface area contributed by atoms with Gasteiger partial charge in [-0.25, -0.2) is 14.4 Å². The Morgan fingerprint density at radius 1 is 0.867 bits per heavy atom. The van der Waals surface area contributed by atoms with E-state index in [-0.39, 0.29) is 0 Å². The van der Waals surface area contributed by atoms with E-state index in [0.717, 1.165) is 0 Å². The minimum atomic E-state index is -4.03. The summed E-state index contributed by atoms with van der Waals surface area (Å²) < 4.78 is 0. The van der Waals surface area contributed by atoms with Crippen molar-refractivity contribution in [2.45, 2.75) is 11.2 Å². The average molecular weight is 224 g/mol. The lowest BCUT2D eigenvalue weighted by Crippen LogP contribution is -2.69. The molecule has 15 heavy (non-hydrogen) atoms. The molecule has 1 atom stereocenters. The third-order valence-electron chi connectivity index (χ3n) is 1.80. The second kappa shape index (κ2) is 3.81. The fourth-order valence-electron chi connectivity index (χ4n) is 0.782. The van der Waals surface area contributed by atoms with Crippen molar-refractivity contribution in [3.05, 3.63) is 0 Å². The molecule has 6 N–H and O–H groups in total. The van der Waals surface area contributed by atoms with Gasteiger partial charge in [0.25, 0.3) is 0 Å². The van der Waals surface area contributed by atoms with Crippen LogP contribution in [-0.4, -0.2) is 66.4 Å². The molecule has 0 amide bonds. The molecule has 0 aromatic rings. The second-order valence-corrected chi connectivity index (χ2v) is 2.64. The first-order valence-electron chi connectivity index (χ1n) is 3.40. The smallest absolute Gasteiger partial charge is 0.351 e. The van der Waals surface area contributed by atoms with Crippen molar-refractivity contribution in [2.24, 2.45) is 0 Å². The summed E-state index contributed by atoms with van der Waals surface area (Å²) >= 11 is 0. The average Bonchev–Trinajstić information content (AvgIpc) is 2.13. The molecule has 86 valence electrons. The highest BCUT2D eigenvalue weighted by molar-refractivity contribution is 6.08. The Hall–Kier alpha value is -1.71. The monoisotopic (exact) mass is 224 g/mol. The summed E-state index contributed by atoms with van der Waals surface area (Å²) in [5.41, 5.74) is -7.77. The van der Waals surface area contributed by atoms with Crippen LogP contribution in [-0.2, 0) is 14.4 Å². The highest BCUT2D eigenvalue weighted by Crippen LogP contribution is 2.23. The van der Waals surface area contributed by atoms with Gasteiger partial charge in [0, 0.05) is 0 Å². The van der Waals surface area contributed by atoms with Gasteiger partial charge in [-0.15, -0.1) is 0 Å². The van der Waals surface area contributed by atoms with Gasteiger partial charge in [0.05, 0.1) is 6.61 Å². The molecular weight excluding hydrogens is 216 g/mol. The van der Waals surface area contributed by atoms with E-state index in [1.807, 2.05) is 0 Å². The number of carbonyl (C=O) groups is 3. The molecule has 0 saturated heterocycles. The van der Waals surface area contributed by atoms with E-state index < -0.39 is 35.7 Å². The Kier molecular flexibility index (Phi) is 3.37. The highest BCUT2D eigenvalue weighted by Gasteiger charge is 2.66. The fraction of sp³-hybridized carbons (Fsp3) is 0.500. The molecule has 0 rings (SSSR count). The summed E-state index contributed by atoms with van der Waals surface area (Å²) in [5, 5.41) is 51.7. The fourth-order valence-corrected chi connectivity index (χ4v) is 0.782. The maximum Gasteiger partial charge on any atom is 0.351 e. The predicted molar refractivity (Wildman–Crippen MR) is 39.9 cm³/mol. The van der Waals surface area contributed by atoms with E-state index in [0.29, 0.717) is 0 Å². The number of hydrogen-bond acceptors (Lipinski definition) is 6. The maximum atomic E-state index is 10.4. The van der Waals surface area contributed by atoms with Crippen molar-refractivity contribution in [1.29, 1.82) is 0 Å².